The Morgan fingerprint density at radius 3 is 2.34 bits per heavy atom. The normalized spacial score (nSPS) is 14.3. The number of anilines is 1. The third-order valence-electron chi connectivity index (χ3n) is 4.88. The molecule has 6 nitrogen and oxygen atoms in total. The first-order valence-electron chi connectivity index (χ1n) is 9.32. The zero-order valence-corrected chi connectivity index (χ0v) is 19.4. The molecule has 0 bridgehead atoms. The Morgan fingerprint density at radius 1 is 1.03 bits per heavy atom. The smallest absolute Gasteiger partial charge is 0.194 e. The van der Waals surface area contributed by atoms with E-state index in [0.717, 1.165) is 49.1 Å². The van der Waals surface area contributed by atoms with Crippen LogP contribution in [0.4, 0.5) is 10.1 Å². The largest absolute Gasteiger partial charge is 0.495 e. The van der Waals surface area contributed by atoms with Crippen LogP contribution in [0.2, 0.25) is 0 Å². The Balaban J connectivity index is 0.00000300. The molecule has 0 radical (unpaired) electrons. The number of guanidine groups is 1. The fraction of sp³-hybridized carbons (Fsp3) is 0.381. The van der Waals surface area contributed by atoms with Crippen LogP contribution in [0, 0.1) is 5.82 Å². The summed E-state index contributed by atoms with van der Waals surface area (Å²) < 4.78 is 24.3. The summed E-state index contributed by atoms with van der Waals surface area (Å²) in [5.41, 5.74) is 1.95. The van der Waals surface area contributed by atoms with Gasteiger partial charge >= 0.3 is 0 Å². The number of para-hydroxylation sites is 2. The maximum absolute atomic E-state index is 13.9. The van der Waals surface area contributed by atoms with E-state index in [1.54, 1.807) is 20.2 Å². The first-order valence-corrected chi connectivity index (χ1v) is 9.32. The summed E-state index contributed by atoms with van der Waals surface area (Å²) in [4.78, 5) is 8.92. The van der Waals surface area contributed by atoms with Gasteiger partial charge in [0, 0.05) is 39.8 Å². The van der Waals surface area contributed by atoms with E-state index in [4.69, 9.17) is 9.47 Å². The van der Waals surface area contributed by atoms with Gasteiger partial charge in [-0.3, -0.25) is 4.99 Å². The van der Waals surface area contributed by atoms with Crippen LogP contribution in [0.5, 0.6) is 11.5 Å². The Hall–Kier alpha value is -2.23. The first kappa shape index (κ1) is 23.1. The zero-order valence-electron chi connectivity index (χ0n) is 17.0. The molecule has 0 atom stereocenters. The van der Waals surface area contributed by atoms with E-state index in [1.807, 2.05) is 24.3 Å². The number of benzene rings is 2. The molecule has 8 heteroatoms. The van der Waals surface area contributed by atoms with Crippen LogP contribution in [0.25, 0.3) is 0 Å². The number of rotatable bonds is 5. The predicted octanol–water partition coefficient (Wildman–Crippen LogP) is 3.36. The SMILES string of the molecule is CN=C(NCc1ccc(OC)c(F)c1)N1CCN(c2ccccc2OC)CC1.I. The molecule has 0 aromatic heterocycles. The lowest BCUT2D eigenvalue weighted by Gasteiger charge is -2.38. The van der Waals surface area contributed by atoms with Crippen LogP contribution in [-0.2, 0) is 6.54 Å². The van der Waals surface area contributed by atoms with Gasteiger partial charge in [0.1, 0.15) is 5.75 Å². The Bertz CT molecular complexity index is 826. The van der Waals surface area contributed by atoms with Gasteiger partial charge in [0.2, 0.25) is 0 Å². The zero-order chi connectivity index (χ0) is 19.9. The van der Waals surface area contributed by atoms with Crippen molar-refractivity contribution in [3.8, 4) is 11.5 Å². The number of nitrogens with zero attached hydrogens (tertiary/aromatic N) is 3. The molecule has 1 heterocycles. The molecule has 1 saturated heterocycles. The molecule has 29 heavy (non-hydrogen) atoms. The van der Waals surface area contributed by atoms with Crippen molar-refractivity contribution in [1.82, 2.24) is 10.2 Å². The van der Waals surface area contributed by atoms with Gasteiger partial charge in [0.15, 0.2) is 17.5 Å². The maximum atomic E-state index is 13.9. The minimum absolute atomic E-state index is 0. The van der Waals surface area contributed by atoms with Crippen molar-refractivity contribution < 1.29 is 13.9 Å². The molecule has 0 saturated carbocycles. The minimum atomic E-state index is -0.359. The molecule has 0 amide bonds. The van der Waals surface area contributed by atoms with E-state index >= 15 is 0 Å². The lowest BCUT2D eigenvalue weighted by molar-refractivity contribution is 0.367. The highest BCUT2D eigenvalue weighted by molar-refractivity contribution is 14.0. The fourth-order valence-corrected chi connectivity index (χ4v) is 3.38. The topological polar surface area (TPSA) is 49.3 Å². The van der Waals surface area contributed by atoms with Crippen LogP contribution in [0.15, 0.2) is 47.5 Å². The second-order valence-electron chi connectivity index (χ2n) is 6.52. The quantitative estimate of drug-likeness (QED) is 0.377. The van der Waals surface area contributed by atoms with E-state index in [0.29, 0.717) is 6.54 Å². The average Bonchev–Trinajstić information content (AvgIpc) is 2.74. The molecule has 1 aliphatic rings. The van der Waals surface area contributed by atoms with Crippen molar-refractivity contribution in [3.63, 3.8) is 0 Å². The molecule has 1 N–H and O–H groups in total. The van der Waals surface area contributed by atoms with Crippen molar-refractivity contribution in [2.45, 2.75) is 6.54 Å². The van der Waals surface area contributed by atoms with Gasteiger partial charge in [-0.2, -0.15) is 0 Å². The number of hydrogen-bond acceptors (Lipinski definition) is 4. The fourth-order valence-electron chi connectivity index (χ4n) is 3.38. The molecule has 0 spiro atoms. The molecule has 0 unspecified atom stereocenters. The van der Waals surface area contributed by atoms with Gasteiger partial charge < -0.3 is 24.6 Å². The number of ether oxygens (including phenoxy) is 2. The van der Waals surface area contributed by atoms with E-state index in [1.165, 1.54) is 13.2 Å². The summed E-state index contributed by atoms with van der Waals surface area (Å²) in [6, 6.07) is 13.0. The summed E-state index contributed by atoms with van der Waals surface area (Å²) in [6.07, 6.45) is 0. The summed E-state index contributed by atoms with van der Waals surface area (Å²) >= 11 is 0. The molecule has 2 aromatic rings. The monoisotopic (exact) mass is 514 g/mol. The van der Waals surface area contributed by atoms with Crippen LogP contribution >= 0.6 is 24.0 Å². The Morgan fingerprint density at radius 2 is 1.72 bits per heavy atom. The molecular formula is C21H28FIN4O2. The number of halogens is 2. The van der Waals surface area contributed by atoms with Gasteiger partial charge in [-0.15, -0.1) is 24.0 Å². The Kier molecular flexibility index (Phi) is 8.81. The summed E-state index contributed by atoms with van der Waals surface area (Å²) in [6.45, 7) is 3.93. The standard InChI is InChI=1S/C21H27FN4O2.HI/c1-23-21(24-15-16-8-9-19(27-2)17(22)14-16)26-12-10-25(11-13-26)18-6-4-5-7-20(18)28-3;/h4-9,14H,10-13,15H2,1-3H3,(H,23,24);1H. The van der Waals surface area contributed by atoms with Crippen molar-refractivity contribution in [3.05, 3.63) is 53.8 Å². The van der Waals surface area contributed by atoms with Gasteiger partial charge in [0.25, 0.3) is 0 Å². The van der Waals surface area contributed by atoms with Gasteiger partial charge in [0.05, 0.1) is 19.9 Å². The van der Waals surface area contributed by atoms with Crippen LogP contribution in [0.3, 0.4) is 0 Å². The van der Waals surface area contributed by atoms with E-state index < -0.39 is 0 Å². The second kappa shape index (κ2) is 11.1. The van der Waals surface area contributed by atoms with Gasteiger partial charge in [-0.25, -0.2) is 4.39 Å². The summed E-state index contributed by atoms with van der Waals surface area (Å²) in [5, 5.41) is 3.32. The number of piperazine rings is 1. The van der Waals surface area contributed by atoms with Crippen molar-refractivity contribution in [1.29, 1.82) is 0 Å². The Labute approximate surface area is 188 Å². The minimum Gasteiger partial charge on any atom is -0.495 e. The van der Waals surface area contributed by atoms with Crippen molar-refractivity contribution >= 4 is 35.6 Å². The van der Waals surface area contributed by atoms with Gasteiger partial charge in [-0.1, -0.05) is 18.2 Å². The molecule has 158 valence electrons. The molecular weight excluding hydrogens is 486 g/mol. The molecule has 2 aromatic carbocycles. The van der Waals surface area contributed by atoms with Gasteiger partial charge in [-0.05, 0) is 29.8 Å². The lowest BCUT2D eigenvalue weighted by atomic mass is 10.2. The van der Waals surface area contributed by atoms with Crippen LogP contribution in [-0.4, -0.2) is 58.3 Å². The third kappa shape index (κ3) is 5.65. The number of nitrogens with one attached hydrogen (secondary N) is 1. The molecule has 0 aliphatic carbocycles. The van der Waals surface area contributed by atoms with E-state index in [2.05, 4.69) is 26.2 Å². The van der Waals surface area contributed by atoms with E-state index in [9.17, 15) is 4.39 Å². The first-order chi connectivity index (χ1) is 13.7. The van der Waals surface area contributed by atoms with Crippen molar-refractivity contribution in [2.75, 3.05) is 52.3 Å². The number of aliphatic imine (C=N–C) groups is 1. The maximum Gasteiger partial charge on any atom is 0.194 e. The summed E-state index contributed by atoms with van der Waals surface area (Å²) in [5.74, 6) is 1.60. The highest BCUT2D eigenvalue weighted by atomic mass is 127. The van der Waals surface area contributed by atoms with Crippen molar-refractivity contribution in [2.24, 2.45) is 4.99 Å². The highest BCUT2D eigenvalue weighted by Gasteiger charge is 2.21. The molecule has 3 rings (SSSR count). The third-order valence-corrected chi connectivity index (χ3v) is 4.88. The number of methoxy groups -OCH3 is 2. The molecule has 1 fully saturated rings. The second-order valence-corrected chi connectivity index (χ2v) is 6.52. The predicted molar refractivity (Wildman–Crippen MR) is 125 cm³/mol. The van der Waals surface area contributed by atoms with Crippen LogP contribution in [0.1, 0.15) is 5.56 Å². The lowest BCUT2D eigenvalue weighted by Crippen LogP contribution is -2.52. The summed E-state index contributed by atoms with van der Waals surface area (Å²) in [7, 11) is 4.93. The highest BCUT2D eigenvalue weighted by Crippen LogP contribution is 2.28. The number of hydrogen-bond donors (Lipinski definition) is 1. The molecule has 1 aliphatic heterocycles. The average molecular weight is 514 g/mol. The van der Waals surface area contributed by atoms with Crippen LogP contribution < -0.4 is 19.7 Å². The van der Waals surface area contributed by atoms with E-state index in [-0.39, 0.29) is 35.5 Å².